The van der Waals surface area contributed by atoms with E-state index in [2.05, 4.69) is 36.4 Å². The van der Waals surface area contributed by atoms with Crippen LogP contribution in [0.4, 0.5) is 0 Å². The molecule has 2 aromatic rings. The van der Waals surface area contributed by atoms with Gasteiger partial charge in [-0.2, -0.15) is 5.10 Å². The average molecular weight is 335 g/mol. The number of carbonyl (C=O) groups excluding carboxylic acids is 1. The molecule has 0 fully saturated rings. The fraction of sp³-hybridized carbons (Fsp3) is 0.0769. The number of hydrazone groups is 1. The van der Waals surface area contributed by atoms with Crippen LogP contribution in [0.15, 0.2) is 46.4 Å². The Kier molecular flexibility index (Phi) is 4.78. The zero-order chi connectivity index (χ0) is 14.4. The van der Waals surface area contributed by atoms with E-state index in [9.17, 15) is 4.79 Å². The highest BCUT2D eigenvalue weighted by atomic mass is 79.9. The van der Waals surface area contributed by atoms with Gasteiger partial charge < -0.3 is 4.74 Å². The molecule has 20 heavy (non-hydrogen) atoms. The van der Waals surface area contributed by atoms with Crippen LogP contribution in [-0.2, 0) is 0 Å². The average Bonchev–Trinajstić information content (AvgIpc) is 2.48. The third-order valence-corrected chi connectivity index (χ3v) is 2.97. The monoisotopic (exact) mass is 334 g/mol. The standard InChI is InChI=1S/C13H11BrN4O2/c1-20-12-3-2-9(6-10(12)14)7-17-18-13(19)11-8-15-4-5-16-11/h2-8H,1H3,(H,18,19)/b17-7-. The Balaban J connectivity index is 2.00. The van der Waals surface area contributed by atoms with Crippen molar-refractivity contribution in [3.05, 3.63) is 52.5 Å². The van der Waals surface area contributed by atoms with Gasteiger partial charge in [0, 0.05) is 12.4 Å². The molecule has 1 aromatic heterocycles. The van der Waals surface area contributed by atoms with Crippen molar-refractivity contribution < 1.29 is 9.53 Å². The number of aromatic nitrogens is 2. The topological polar surface area (TPSA) is 76.5 Å². The fourth-order valence-corrected chi connectivity index (χ4v) is 1.96. The number of nitrogens with one attached hydrogen (secondary N) is 1. The van der Waals surface area contributed by atoms with Crippen molar-refractivity contribution in [2.24, 2.45) is 5.10 Å². The van der Waals surface area contributed by atoms with Crippen molar-refractivity contribution in [1.82, 2.24) is 15.4 Å². The first-order valence-corrected chi connectivity index (χ1v) is 6.43. The van der Waals surface area contributed by atoms with Gasteiger partial charge in [-0.15, -0.1) is 0 Å². The largest absolute Gasteiger partial charge is 0.496 e. The first-order valence-electron chi connectivity index (χ1n) is 5.63. The van der Waals surface area contributed by atoms with E-state index in [0.717, 1.165) is 15.8 Å². The molecule has 0 spiro atoms. The molecular formula is C13H11BrN4O2. The van der Waals surface area contributed by atoms with Gasteiger partial charge in [-0.3, -0.25) is 9.78 Å². The lowest BCUT2D eigenvalue weighted by atomic mass is 10.2. The molecule has 0 aliphatic rings. The molecule has 0 aliphatic carbocycles. The molecule has 0 aliphatic heterocycles. The molecule has 2 rings (SSSR count). The normalized spacial score (nSPS) is 10.5. The van der Waals surface area contributed by atoms with Gasteiger partial charge in [0.15, 0.2) is 0 Å². The maximum absolute atomic E-state index is 11.6. The van der Waals surface area contributed by atoms with Gasteiger partial charge >= 0.3 is 0 Å². The van der Waals surface area contributed by atoms with E-state index in [1.165, 1.54) is 24.8 Å². The Morgan fingerprint density at radius 1 is 1.45 bits per heavy atom. The van der Waals surface area contributed by atoms with Gasteiger partial charge in [0.25, 0.3) is 5.91 Å². The quantitative estimate of drug-likeness (QED) is 0.685. The molecule has 1 aromatic carbocycles. The van der Waals surface area contributed by atoms with E-state index >= 15 is 0 Å². The summed E-state index contributed by atoms with van der Waals surface area (Å²) in [5.74, 6) is 0.313. The molecule has 0 atom stereocenters. The van der Waals surface area contributed by atoms with Gasteiger partial charge in [0.05, 0.1) is 24.0 Å². The van der Waals surface area contributed by atoms with Gasteiger partial charge in [0.2, 0.25) is 0 Å². The van der Waals surface area contributed by atoms with E-state index in [0.29, 0.717) is 0 Å². The summed E-state index contributed by atoms with van der Waals surface area (Å²) < 4.78 is 5.93. The van der Waals surface area contributed by atoms with Crippen molar-refractivity contribution in [1.29, 1.82) is 0 Å². The zero-order valence-corrected chi connectivity index (χ0v) is 12.2. The Morgan fingerprint density at radius 2 is 2.30 bits per heavy atom. The molecule has 102 valence electrons. The number of halogens is 1. The first kappa shape index (κ1) is 14.1. The summed E-state index contributed by atoms with van der Waals surface area (Å²) >= 11 is 3.37. The summed E-state index contributed by atoms with van der Waals surface area (Å²) in [5.41, 5.74) is 3.40. The Morgan fingerprint density at radius 3 is 2.95 bits per heavy atom. The number of nitrogens with zero attached hydrogens (tertiary/aromatic N) is 3. The van der Waals surface area contributed by atoms with E-state index in [-0.39, 0.29) is 5.69 Å². The van der Waals surface area contributed by atoms with Crippen LogP contribution in [0.3, 0.4) is 0 Å². The minimum absolute atomic E-state index is 0.209. The molecule has 0 saturated heterocycles. The van der Waals surface area contributed by atoms with Gasteiger partial charge in [-0.05, 0) is 39.7 Å². The number of rotatable bonds is 4. The highest BCUT2D eigenvalue weighted by Crippen LogP contribution is 2.24. The number of methoxy groups -OCH3 is 1. The maximum atomic E-state index is 11.6. The Labute approximate surface area is 124 Å². The minimum Gasteiger partial charge on any atom is -0.496 e. The molecule has 0 bridgehead atoms. The van der Waals surface area contributed by atoms with Crippen LogP contribution in [0, 0.1) is 0 Å². The molecule has 0 radical (unpaired) electrons. The Hall–Kier alpha value is -2.28. The second-order valence-electron chi connectivity index (χ2n) is 3.68. The van der Waals surface area contributed by atoms with Crippen LogP contribution in [0.2, 0.25) is 0 Å². The van der Waals surface area contributed by atoms with E-state index in [1.807, 2.05) is 12.1 Å². The van der Waals surface area contributed by atoms with Crippen LogP contribution in [0.25, 0.3) is 0 Å². The molecule has 1 amide bonds. The van der Waals surface area contributed by atoms with Crippen molar-refractivity contribution in [2.75, 3.05) is 7.11 Å². The summed E-state index contributed by atoms with van der Waals surface area (Å²) in [6.45, 7) is 0. The lowest BCUT2D eigenvalue weighted by molar-refractivity contribution is 0.0949. The molecule has 1 N–H and O–H groups in total. The highest BCUT2D eigenvalue weighted by molar-refractivity contribution is 9.10. The first-order chi connectivity index (χ1) is 9.70. The van der Waals surface area contributed by atoms with Crippen molar-refractivity contribution in [3.8, 4) is 5.75 Å². The van der Waals surface area contributed by atoms with Crippen molar-refractivity contribution in [3.63, 3.8) is 0 Å². The second kappa shape index (κ2) is 6.76. The van der Waals surface area contributed by atoms with Crippen LogP contribution in [0.5, 0.6) is 5.75 Å². The fourth-order valence-electron chi connectivity index (χ4n) is 1.40. The van der Waals surface area contributed by atoms with Crippen LogP contribution in [-0.4, -0.2) is 29.2 Å². The smallest absolute Gasteiger partial charge is 0.291 e. The predicted molar refractivity (Wildman–Crippen MR) is 77.8 cm³/mol. The van der Waals surface area contributed by atoms with Gasteiger partial charge in [-0.25, -0.2) is 10.4 Å². The summed E-state index contributed by atoms with van der Waals surface area (Å²) in [7, 11) is 1.59. The van der Waals surface area contributed by atoms with Crippen LogP contribution in [0.1, 0.15) is 16.1 Å². The Bertz CT molecular complexity index is 632. The molecule has 0 saturated carbocycles. The molecule has 6 nitrogen and oxygen atoms in total. The molecule has 0 unspecified atom stereocenters. The number of ether oxygens (including phenoxy) is 1. The molecule has 7 heteroatoms. The van der Waals surface area contributed by atoms with Gasteiger partial charge in [-0.1, -0.05) is 0 Å². The highest BCUT2D eigenvalue weighted by Gasteiger charge is 2.04. The van der Waals surface area contributed by atoms with Crippen molar-refractivity contribution in [2.45, 2.75) is 0 Å². The summed E-state index contributed by atoms with van der Waals surface area (Å²) in [4.78, 5) is 19.3. The zero-order valence-electron chi connectivity index (χ0n) is 10.6. The predicted octanol–water partition coefficient (Wildman–Crippen LogP) is 2.01. The number of benzene rings is 1. The minimum atomic E-state index is -0.415. The number of hydrogen-bond acceptors (Lipinski definition) is 5. The third-order valence-electron chi connectivity index (χ3n) is 2.35. The molecule has 1 heterocycles. The van der Waals surface area contributed by atoms with Crippen molar-refractivity contribution >= 4 is 28.1 Å². The van der Waals surface area contributed by atoms with Crippen LogP contribution >= 0.6 is 15.9 Å². The SMILES string of the molecule is COc1ccc(/C=N\NC(=O)c2cnccn2)cc1Br. The number of carbonyl (C=O) groups is 1. The summed E-state index contributed by atoms with van der Waals surface area (Å²) in [5, 5.41) is 3.86. The maximum Gasteiger partial charge on any atom is 0.291 e. The lowest BCUT2D eigenvalue weighted by Crippen LogP contribution is -2.19. The lowest BCUT2D eigenvalue weighted by Gasteiger charge is -2.03. The van der Waals surface area contributed by atoms with Crippen LogP contribution < -0.4 is 10.2 Å². The third kappa shape index (κ3) is 3.61. The van der Waals surface area contributed by atoms with Gasteiger partial charge in [0.1, 0.15) is 11.4 Å². The molecular weight excluding hydrogens is 324 g/mol. The van der Waals surface area contributed by atoms with E-state index in [1.54, 1.807) is 13.2 Å². The number of amides is 1. The van der Waals surface area contributed by atoms with E-state index < -0.39 is 5.91 Å². The van der Waals surface area contributed by atoms with E-state index in [4.69, 9.17) is 4.74 Å². The summed E-state index contributed by atoms with van der Waals surface area (Å²) in [6, 6.07) is 5.45. The second-order valence-corrected chi connectivity index (χ2v) is 4.54. The number of hydrogen-bond donors (Lipinski definition) is 1. The summed E-state index contributed by atoms with van der Waals surface area (Å²) in [6.07, 6.45) is 5.83.